The molecule has 184 valence electrons. The highest BCUT2D eigenvalue weighted by atomic mass is 16.6. The first-order valence-corrected chi connectivity index (χ1v) is 11.9. The molecule has 8 nitrogen and oxygen atoms in total. The Hall–Kier alpha value is -3.13. The summed E-state index contributed by atoms with van der Waals surface area (Å²) in [7, 11) is 0. The van der Waals surface area contributed by atoms with Crippen LogP contribution in [0.5, 0.6) is 0 Å². The molecule has 0 spiro atoms. The molecular weight excluding hydrogens is 430 g/mol. The van der Waals surface area contributed by atoms with Crippen LogP contribution in [0, 0.1) is 0 Å². The normalized spacial score (nSPS) is 13.1. The molecule has 2 heterocycles. The Morgan fingerprint density at radius 1 is 1.09 bits per heavy atom. The van der Waals surface area contributed by atoms with E-state index in [4.69, 9.17) is 9.84 Å². The van der Waals surface area contributed by atoms with Gasteiger partial charge in [0.25, 0.3) is 5.56 Å². The van der Waals surface area contributed by atoms with E-state index in [0.717, 1.165) is 12.0 Å². The number of ether oxygens (including phenoxy) is 1. The highest BCUT2D eigenvalue weighted by Crippen LogP contribution is 2.17. The molecule has 3 rings (SSSR count). The van der Waals surface area contributed by atoms with Crippen LogP contribution in [0.3, 0.4) is 0 Å². The molecule has 0 aliphatic carbocycles. The predicted octanol–water partition coefficient (Wildman–Crippen LogP) is 4.28. The number of nitrogens with zero attached hydrogens (tertiary/aromatic N) is 3. The number of fused-ring (bicyclic) bond motifs is 1. The molecule has 2 aromatic heterocycles. The minimum absolute atomic E-state index is 0.0639. The molecule has 8 heteroatoms. The van der Waals surface area contributed by atoms with Gasteiger partial charge in [-0.15, -0.1) is 0 Å². The summed E-state index contributed by atoms with van der Waals surface area (Å²) in [6.07, 6.45) is 2.81. The van der Waals surface area contributed by atoms with Crippen LogP contribution in [0.25, 0.3) is 5.52 Å². The second kappa shape index (κ2) is 10.4. The van der Waals surface area contributed by atoms with Crippen molar-refractivity contribution in [2.45, 2.75) is 78.1 Å². The van der Waals surface area contributed by atoms with Crippen molar-refractivity contribution in [3.05, 3.63) is 70.4 Å². The summed E-state index contributed by atoms with van der Waals surface area (Å²) in [4.78, 5) is 25.5. The smallest absolute Gasteiger partial charge is 0.408 e. The molecule has 0 saturated heterocycles. The fourth-order valence-corrected chi connectivity index (χ4v) is 3.83. The number of carbonyl (C=O) groups is 1. The molecule has 0 bridgehead atoms. The average molecular weight is 468 g/mol. The highest BCUT2D eigenvalue weighted by molar-refractivity contribution is 5.68. The van der Waals surface area contributed by atoms with Crippen LogP contribution in [-0.4, -0.2) is 38.0 Å². The summed E-state index contributed by atoms with van der Waals surface area (Å²) in [6.45, 7) is 12.6. The van der Waals surface area contributed by atoms with Crippen LogP contribution in [0.1, 0.15) is 71.8 Å². The van der Waals surface area contributed by atoms with Gasteiger partial charge in [-0.1, -0.05) is 37.3 Å². The first-order valence-electron chi connectivity index (χ1n) is 11.9. The van der Waals surface area contributed by atoms with Crippen LogP contribution < -0.4 is 16.2 Å². The Morgan fingerprint density at radius 2 is 1.79 bits per heavy atom. The van der Waals surface area contributed by atoms with Gasteiger partial charge in [0.1, 0.15) is 16.9 Å². The van der Waals surface area contributed by atoms with E-state index in [9.17, 15) is 9.59 Å². The van der Waals surface area contributed by atoms with Crippen LogP contribution in [-0.2, 0) is 11.3 Å². The van der Waals surface area contributed by atoms with E-state index < -0.39 is 17.2 Å². The van der Waals surface area contributed by atoms with Crippen LogP contribution in [0.4, 0.5) is 4.79 Å². The average Bonchev–Trinajstić information content (AvgIpc) is 3.21. The minimum Gasteiger partial charge on any atom is -0.444 e. The van der Waals surface area contributed by atoms with E-state index in [1.165, 1.54) is 0 Å². The number of carbonyl (C=O) groups excluding carboxylic acids is 1. The maximum atomic E-state index is 13.3. The van der Waals surface area contributed by atoms with Gasteiger partial charge in [-0.2, -0.15) is 5.10 Å². The summed E-state index contributed by atoms with van der Waals surface area (Å²) in [5, 5.41) is 11.3. The number of hydrogen-bond acceptors (Lipinski definition) is 5. The van der Waals surface area contributed by atoms with Gasteiger partial charge in [0, 0.05) is 11.7 Å². The molecule has 2 N–H and O–H groups in total. The Bertz CT molecular complexity index is 1160. The topological polar surface area (TPSA) is 89.7 Å². The number of aromatic nitrogens is 3. The Morgan fingerprint density at radius 3 is 2.44 bits per heavy atom. The second-order valence-electron chi connectivity index (χ2n) is 10.2. The minimum atomic E-state index is -0.545. The van der Waals surface area contributed by atoms with E-state index in [1.807, 2.05) is 71.0 Å². The summed E-state index contributed by atoms with van der Waals surface area (Å²) in [5.74, 6) is 0.693. The summed E-state index contributed by atoms with van der Waals surface area (Å²) >= 11 is 0. The molecule has 1 unspecified atom stereocenters. The maximum absolute atomic E-state index is 13.3. The van der Waals surface area contributed by atoms with Crippen molar-refractivity contribution in [1.29, 1.82) is 0 Å². The zero-order valence-electron chi connectivity index (χ0n) is 21.1. The number of benzene rings is 1. The van der Waals surface area contributed by atoms with Crippen molar-refractivity contribution in [3.8, 4) is 0 Å². The van der Waals surface area contributed by atoms with E-state index in [2.05, 4.69) is 17.6 Å². The third kappa shape index (κ3) is 6.70. The summed E-state index contributed by atoms with van der Waals surface area (Å²) in [5.41, 5.74) is 0.524. The van der Waals surface area contributed by atoms with E-state index in [-0.39, 0.29) is 11.6 Å². The lowest BCUT2D eigenvalue weighted by atomic mass is 10.0. The largest absolute Gasteiger partial charge is 0.444 e. The van der Waals surface area contributed by atoms with Gasteiger partial charge in [0.2, 0.25) is 0 Å². The van der Waals surface area contributed by atoms with Gasteiger partial charge in [0.05, 0.1) is 12.6 Å². The predicted molar refractivity (Wildman–Crippen MR) is 134 cm³/mol. The van der Waals surface area contributed by atoms with Gasteiger partial charge in [-0.05, 0) is 71.7 Å². The fraction of sp³-hybridized carbons (Fsp3) is 0.500. The van der Waals surface area contributed by atoms with E-state index >= 15 is 0 Å². The number of amides is 1. The van der Waals surface area contributed by atoms with Crippen molar-refractivity contribution in [2.24, 2.45) is 0 Å². The molecule has 1 aromatic carbocycles. The molecule has 0 radical (unpaired) electrons. The van der Waals surface area contributed by atoms with Crippen molar-refractivity contribution in [3.63, 3.8) is 0 Å². The molecule has 0 saturated carbocycles. The number of hydrogen-bond donors (Lipinski definition) is 2. The van der Waals surface area contributed by atoms with Crippen LogP contribution in [0.15, 0.2) is 53.5 Å². The molecule has 0 fully saturated rings. The van der Waals surface area contributed by atoms with Crippen LogP contribution >= 0.6 is 0 Å². The zero-order valence-corrected chi connectivity index (χ0v) is 21.1. The third-order valence-corrected chi connectivity index (χ3v) is 5.56. The Labute approximate surface area is 201 Å². The third-order valence-electron chi connectivity index (χ3n) is 5.56. The Balaban J connectivity index is 1.77. The van der Waals surface area contributed by atoms with Gasteiger partial charge in [-0.25, -0.2) is 9.31 Å². The molecule has 0 aliphatic heterocycles. The molecule has 1 atom stereocenters. The molecule has 1 amide bonds. The van der Waals surface area contributed by atoms with E-state index in [0.29, 0.717) is 30.9 Å². The Kier molecular flexibility index (Phi) is 7.82. The zero-order chi connectivity index (χ0) is 24.9. The van der Waals surface area contributed by atoms with Gasteiger partial charge in [-0.3, -0.25) is 9.36 Å². The molecule has 3 aromatic rings. The SMILES string of the molecule is CCC(NCCC(C)(C)NC(=O)OC(C)(C)C)c1nn2cccc2c(=O)n1Cc1ccccc1. The molecule has 34 heavy (non-hydrogen) atoms. The number of rotatable bonds is 9. The van der Waals surface area contributed by atoms with Crippen molar-refractivity contribution in [2.75, 3.05) is 6.54 Å². The van der Waals surface area contributed by atoms with Crippen molar-refractivity contribution >= 4 is 11.6 Å². The second-order valence-corrected chi connectivity index (χ2v) is 10.2. The molecule has 0 aliphatic rings. The molecular formula is C26H37N5O3. The lowest BCUT2D eigenvalue weighted by Gasteiger charge is -2.29. The monoisotopic (exact) mass is 467 g/mol. The summed E-state index contributed by atoms with van der Waals surface area (Å²) in [6, 6.07) is 13.4. The standard InChI is InChI=1S/C26H37N5O3/c1-7-20(27-16-15-26(5,6)28-24(33)34-25(2,3)4)22-29-31-17-11-14-21(31)23(32)30(22)18-19-12-9-8-10-13-19/h8-14,17,20,27H,7,15-16,18H2,1-6H3,(H,28,33). The van der Waals surface area contributed by atoms with Crippen molar-refractivity contribution in [1.82, 2.24) is 24.8 Å². The maximum Gasteiger partial charge on any atom is 0.408 e. The van der Waals surface area contributed by atoms with Crippen LogP contribution in [0.2, 0.25) is 0 Å². The quantitative estimate of drug-likeness (QED) is 0.490. The highest BCUT2D eigenvalue weighted by Gasteiger charge is 2.25. The van der Waals surface area contributed by atoms with Gasteiger partial charge >= 0.3 is 6.09 Å². The first-order chi connectivity index (χ1) is 16.0. The fourth-order valence-electron chi connectivity index (χ4n) is 3.83. The number of alkyl carbamates (subject to hydrolysis) is 1. The number of nitrogens with one attached hydrogen (secondary N) is 2. The van der Waals surface area contributed by atoms with Gasteiger partial charge < -0.3 is 15.4 Å². The lowest BCUT2D eigenvalue weighted by Crippen LogP contribution is -2.47. The van der Waals surface area contributed by atoms with Gasteiger partial charge in [0.15, 0.2) is 0 Å². The van der Waals surface area contributed by atoms with E-state index in [1.54, 1.807) is 21.3 Å². The lowest BCUT2D eigenvalue weighted by molar-refractivity contribution is 0.0468. The van der Waals surface area contributed by atoms with Crippen molar-refractivity contribution < 1.29 is 9.53 Å². The summed E-state index contributed by atoms with van der Waals surface area (Å²) < 4.78 is 8.80. The first kappa shape index (κ1) is 25.5.